The fraction of sp³-hybridized carbons (Fsp3) is 0.533. The maximum atomic E-state index is 12.3. The molecule has 0 spiro atoms. The Morgan fingerprint density at radius 3 is 2.63 bits per heavy atom. The lowest BCUT2D eigenvalue weighted by Gasteiger charge is -2.41. The molecule has 2 amide bonds. The Balaban J connectivity index is 2.14. The number of urea groups is 1. The van der Waals surface area contributed by atoms with Crippen molar-refractivity contribution < 1.29 is 4.79 Å². The third-order valence-corrected chi connectivity index (χ3v) is 3.80. The van der Waals surface area contributed by atoms with E-state index in [0.717, 1.165) is 19.6 Å². The standard InChI is InChI=1S/C15H23N3O/c1-12(14-7-5-4-6-8-14)18-11-13(9-16-2)10-17(3)15(18)19/h4-8,12-13,16H,9-11H2,1-3H3. The zero-order chi connectivity index (χ0) is 13.8. The van der Waals surface area contributed by atoms with Crippen LogP contribution in [0.5, 0.6) is 0 Å². The summed E-state index contributed by atoms with van der Waals surface area (Å²) in [6.45, 7) is 4.69. The fourth-order valence-corrected chi connectivity index (χ4v) is 2.75. The predicted octanol–water partition coefficient (Wildman–Crippen LogP) is 1.95. The third-order valence-electron chi connectivity index (χ3n) is 3.80. The van der Waals surface area contributed by atoms with Crippen LogP contribution in [0, 0.1) is 5.92 Å². The van der Waals surface area contributed by atoms with Crippen molar-refractivity contribution in [3.05, 3.63) is 35.9 Å². The summed E-state index contributed by atoms with van der Waals surface area (Å²) in [6.07, 6.45) is 0. The van der Waals surface area contributed by atoms with Gasteiger partial charge in [0.1, 0.15) is 0 Å². The van der Waals surface area contributed by atoms with E-state index in [4.69, 9.17) is 0 Å². The third kappa shape index (κ3) is 3.07. The van der Waals surface area contributed by atoms with Crippen LogP contribution in [0.2, 0.25) is 0 Å². The second kappa shape index (κ2) is 6.06. The van der Waals surface area contributed by atoms with Crippen LogP contribution in [0.1, 0.15) is 18.5 Å². The summed E-state index contributed by atoms with van der Waals surface area (Å²) in [4.78, 5) is 16.1. The Kier molecular flexibility index (Phi) is 4.43. The Morgan fingerprint density at radius 2 is 2.00 bits per heavy atom. The zero-order valence-electron chi connectivity index (χ0n) is 12.0. The van der Waals surface area contributed by atoms with Gasteiger partial charge in [-0.25, -0.2) is 4.79 Å². The lowest BCUT2D eigenvalue weighted by Crippen LogP contribution is -2.54. The van der Waals surface area contributed by atoms with E-state index in [9.17, 15) is 4.79 Å². The number of nitrogens with one attached hydrogen (secondary N) is 1. The molecule has 1 saturated heterocycles. The van der Waals surface area contributed by atoms with Gasteiger partial charge in [-0.2, -0.15) is 0 Å². The molecule has 2 unspecified atom stereocenters. The molecule has 1 aromatic carbocycles. The van der Waals surface area contributed by atoms with Gasteiger partial charge in [-0.3, -0.25) is 0 Å². The molecule has 0 aliphatic carbocycles. The average molecular weight is 261 g/mol. The quantitative estimate of drug-likeness (QED) is 0.899. The summed E-state index contributed by atoms with van der Waals surface area (Å²) in [5.74, 6) is 0.485. The molecule has 0 aromatic heterocycles. The molecule has 1 N–H and O–H groups in total. The molecule has 4 heteroatoms. The highest BCUT2D eigenvalue weighted by Gasteiger charge is 2.32. The van der Waals surface area contributed by atoms with Crippen LogP contribution in [0.4, 0.5) is 4.79 Å². The van der Waals surface area contributed by atoms with Crippen molar-refractivity contribution >= 4 is 6.03 Å². The monoisotopic (exact) mass is 261 g/mol. The smallest absolute Gasteiger partial charge is 0.320 e. The van der Waals surface area contributed by atoms with E-state index in [1.54, 1.807) is 0 Å². The number of hydrogen-bond donors (Lipinski definition) is 1. The van der Waals surface area contributed by atoms with E-state index in [2.05, 4.69) is 24.4 Å². The molecule has 2 rings (SSSR count). The maximum absolute atomic E-state index is 12.3. The topological polar surface area (TPSA) is 35.6 Å². The maximum Gasteiger partial charge on any atom is 0.320 e. The van der Waals surface area contributed by atoms with Crippen molar-refractivity contribution in [3.63, 3.8) is 0 Å². The van der Waals surface area contributed by atoms with Gasteiger partial charge < -0.3 is 15.1 Å². The molecule has 1 heterocycles. The molecular weight excluding hydrogens is 238 g/mol. The van der Waals surface area contributed by atoms with E-state index in [0.29, 0.717) is 5.92 Å². The molecule has 19 heavy (non-hydrogen) atoms. The minimum absolute atomic E-state index is 0.121. The van der Waals surface area contributed by atoms with Crippen LogP contribution in [0.15, 0.2) is 30.3 Å². The van der Waals surface area contributed by atoms with Gasteiger partial charge in [-0.1, -0.05) is 30.3 Å². The fourth-order valence-electron chi connectivity index (χ4n) is 2.75. The second-order valence-electron chi connectivity index (χ2n) is 5.33. The first-order valence-corrected chi connectivity index (χ1v) is 6.84. The van der Waals surface area contributed by atoms with Crippen LogP contribution in [-0.4, -0.2) is 49.6 Å². The van der Waals surface area contributed by atoms with Crippen LogP contribution in [-0.2, 0) is 0 Å². The van der Waals surface area contributed by atoms with Crippen LogP contribution < -0.4 is 5.32 Å². The summed E-state index contributed by atoms with van der Waals surface area (Å²) in [6, 6.07) is 10.5. The summed E-state index contributed by atoms with van der Waals surface area (Å²) < 4.78 is 0. The van der Waals surface area contributed by atoms with E-state index in [1.807, 2.05) is 42.1 Å². The number of carbonyl (C=O) groups is 1. The molecule has 0 saturated carbocycles. The van der Waals surface area contributed by atoms with Gasteiger partial charge in [-0.15, -0.1) is 0 Å². The van der Waals surface area contributed by atoms with Gasteiger partial charge in [-0.05, 0) is 19.5 Å². The van der Waals surface area contributed by atoms with E-state index in [-0.39, 0.29) is 12.1 Å². The molecule has 1 aliphatic rings. The van der Waals surface area contributed by atoms with Crippen LogP contribution in [0.3, 0.4) is 0 Å². The molecule has 0 bridgehead atoms. The molecule has 104 valence electrons. The Hall–Kier alpha value is -1.55. The second-order valence-corrected chi connectivity index (χ2v) is 5.33. The van der Waals surface area contributed by atoms with Gasteiger partial charge in [0.2, 0.25) is 0 Å². The number of carbonyl (C=O) groups excluding carboxylic acids is 1. The first kappa shape index (κ1) is 13.9. The highest BCUT2D eigenvalue weighted by Crippen LogP contribution is 2.25. The molecule has 1 aromatic rings. The van der Waals surface area contributed by atoms with E-state index in [1.165, 1.54) is 5.56 Å². The van der Waals surface area contributed by atoms with Crippen molar-refractivity contribution in [1.82, 2.24) is 15.1 Å². The summed E-state index contributed by atoms with van der Waals surface area (Å²) >= 11 is 0. The van der Waals surface area contributed by atoms with E-state index < -0.39 is 0 Å². The van der Waals surface area contributed by atoms with Gasteiger partial charge in [0.15, 0.2) is 0 Å². The lowest BCUT2D eigenvalue weighted by molar-refractivity contribution is 0.0963. The highest BCUT2D eigenvalue weighted by atomic mass is 16.2. The normalized spacial score (nSPS) is 21.6. The Labute approximate surface area is 115 Å². The number of rotatable bonds is 4. The molecule has 2 atom stereocenters. The number of nitrogens with zero attached hydrogens (tertiary/aromatic N) is 2. The summed E-state index contributed by atoms with van der Waals surface area (Å²) in [7, 11) is 3.84. The molecule has 4 nitrogen and oxygen atoms in total. The molecule has 1 aliphatic heterocycles. The Bertz CT molecular complexity index is 421. The summed E-state index contributed by atoms with van der Waals surface area (Å²) in [5, 5.41) is 3.21. The predicted molar refractivity (Wildman–Crippen MR) is 77.0 cm³/mol. The average Bonchev–Trinajstić information content (AvgIpc) is 2.43. The molecular formula is C15H23N3O. The largest absolute Gasteiger partial charge is 0.327 e. The minimum atomic E-state index is 0.121. The lowest BCUT2D eigenvalue weighted by atomic mass is 10.0. The van der Waals surface area contributed by atoms with Gasteiger partial charge >= 0.3 is 6.03 Å². The Morgan fingerprint density at radius 1 is 1.32 bits per heavy atom. The molecule has 1 fully saturated rings. The number of hydrogen-bond acceptors (Lipinski definition) is 2. The van der Waals surface area contributed by atoms with Crippen LogP contribution >= 0.6 is 0 Å². The highest BCUT2D eigenvalue weighted by molar-refractivity contribution is 5.75. The van der Waals surface area contributed by atoms with Crippen molar-refractivity contribution in [3.8, 4) is 0 Å². The molecule has 0 radical (unpaired) electrons. The number of benzene rings is 1. The van der Waals surface area contributed by atoms with Gasteiger partial charge in [0.05, 0.1) is 6.04 Å². The van der Waals surface area contributed by atoms with Crippen molar-refractivity contribution in [2.24, 2.45) is 5.92 Å². The van der Waals surface area contributed by atoms with Gasteiger partial charge in [0.25, 0.3) is 0 Å². The van der Waals surface area contributed by atoms with Crippen molar-refractivity contribution in [1.29, 1.82) is 0 Å². The van der Waals surface area contributed by atoms with Crippen LogP contribution in [0.25, 0.3) is 0 Å². The number of amides is 2. The zero-order valence-corrected chi connectivity index (χ0v) is 12.0. The van der Waals surface area contributed by atoms with E-state index >= 15 is 0 Å². The SMILES string of the molecule is CNCC1CN(C)C(=O)N(C(C)c2ccccc2)C1. The first-order chi connectivity index (χ1) is 9.13. The van der Waals surface area contributed by atoms with Gasteiger partial charge in [0, 0.05) is 32.6 Å². The summed E-state index contributed by atoms with van der Waals surface area (Å²) in [5.41, 5.74) is 1.19. The minimum Gasteiger partial charge on any atom is -0.327 e. The first-order valence-electron chi connectivity index (χ1n) is 6.84. The van der Waals surface area contributed by atoms with Crippen molar-refractivity contribution in [2.45, 2.75) is 13.0 Å². The van der Waals surface area contributed by atoms with Crippen molar-refractivity contribution in [2.75, 3.05) is 33.7 Å².